The SMILES string of the molecule is C=CCn1nnnc1NCc1cn(Cc2ccccc2Cl)c2ccccc12. The average molecular weight is 379 g/mol. The molecule has 0 aliphatic rings. The Balaban J connectivity index is 1.63. The third-order valence-corrected chi connectivity index (χ3v) is 4.81. The van der Waals surface area contributed by atoms with Crippen molar-refractivity contribution in [3.05, 3.63) is 83.5 Å². The van der Waals surface area contributed by atoms with Gasteiger partial charge in [-0.2, -0.15) is 0 Å². The molecule has 0 amide bonds. The van der Waals surface area contributed by atoms with Gasteiger partial charge in [-0.3, -0.25) is 0 Å². The molecule has 0 unspecified atom stereocenters. The van der Waals surface area contributed by atoms with Gasteiger partial charge in [0.1, 0.15) is 0 Å². The molecule has 0 saturated carbocycles. The molecular formula is C20H19ClN6. The summed E-state index contributed by atoms with van der Waals surface area (Å²) in [5, 5.41) is 17.0. The lowest BCUT2D eigenvalue weighted by atomic mass is 10.2. The van der Waals surface area contributed by atoms with E-state index in [1.807, 2.05) is 30.3 Å². The third kappa shape index (κ3) is 3.57. The topological polar surface area (TPSA) is 60.6 Å². The molecule has 0 spiro atoms. The molecular weight excluding hydrogens is 360 g/mol. The van der Waals surface area contributed by atoms with Gasteiger partial charge in [-0.25, -0.2) is 4.68 Å². The molecule has 4 rings (SSSR count). The monoisotopic (exact) mass is 378 g/mol. The first kappa shape index (κ1) is 17.3. The first-order valence-electron chi connectivity index (χ1n) is 8.67. The molecule has 0 bridgehead atoms. The van der Waals surface area contributed by atoms with Crippen LogP contribution in [0.1, 0.15) is 11.1 Å². The Morgan fingerprint density at radius 1 is 1.07 bits per heavy atom. The van der Waals surface area contributed by atoms with E-state index in [1.165, 1.54) is 16.5 Å². The molecule has 6 nitrogen and oxygen atoms in total. The summed E-state index contributed by atoms with van der Waals surface area (Å²) in [5.74, 6) is 0.623. The summed E-state index contributed by atoms with van der Waals surface area (Å²) in [6.07, 6.45) is 3.92. The zero-order valence-electron chi connectivity index (χ0n) is 14.7. The number of allylic oxidation sites excluding steroid dienone is 1. The summed E-state index contributed by atoms with van der Waals surface area (Å²) < 4.78 is 3.90. The van der Waals surface area contributed by atoms with Crippen LogP contribution in [-0.4, -0.2) is 24.8 Å². The summed E-state index contributed by atoms with van der Waals surface area (Å²) >= 11 is 6.35. The number of para-hydroxylation sites is 1. The van der Waals surface area contributed by atoms with E-state index in [4.69, 9.17) is 11.6 Å². The molecule has 2 aromatic carbocycles. The second-order valence-corrected chi connectivity index (χ2v) is 6.62. The number of nitrogens with one attached hydrogen (secondary N) is 1. The zero-order valence-corrected chi connectivity index (χ0v) is 15.5. The molecule has 0 atom stereocenters. The van der Waals surface area contributed by atoms with Crippen molar-refractivity contribution in [2.45, 2.75) is 19.6 Å². The van der Waals surface area contributed by atoms with E-state index in [1.54, 1.807) is 10.8 Å². The van der Waals surface area contributed by atoms with Crippen LogP contribution in [0.2, 0.25) is 5.02 Å². The van der Waals surface area contributed by atoms with Crippen molar-refractivity contribution in [1.82, 2.24) is 24.8 Å². The van der Waals surface area contributed by atoms with E-state index < -0.39 is 0 Å². The lowest BCUT2D eigenvalue weighted by Crippen LogP contribution is -2.08. The van der Waals surface area contributed by atoms with E-state index in [2.05, 4.69) is 56.4 Å². The molecule has 0 aliphatic heterocycles. The number of halogens is 1. The highest BCUT2D eigenvalue weighted by Gasteiger charge is 2.11. The summed E-state index contributed by atoms with van der Waals surface area (Å²) in [6.45, 7) is 5.62. The summed E-state index contributed by atoms with van der Waals surface area (Å²) in [5.41, 5.74) is 3.43. The highest BCUT2D eigenvalue weighted by molar-refractivity contribution is 6.31. The van der Waals surface area contributed by atoms with E-state index in [-0.39, 0.29) is 0 Å². The zero-order chi connectivity index (χ0) is 18.6. The van der Waals surface area contributed by atoms with Gasteiger partial charge in [0.05, 0.1) is 6.54 Å². The van der Waals surface area contributed by atoms with Crippen LogP contribution in [0.3, 0.4) is 0 Å². The molecule has 4 aromatic rings. The molecule has 0 saturated heterocycles. The Bertz CT molecular complexity index is 1080. The van der Waals surface area contributed by atoms with E-state index >= 15 is 0 Å². The minimum Gasteiger partial charge on any atom is -0.349 e. The van der Waals surface area contributed by atoms with Gasteiger partial charge in [-0.05, 0) is 33.7 Å². The molecule has 27 heavy (non-hydrogen) atoms. The number of nitrogens with zero attached hydrogens (tertiary/aromatic N) is 5. The maximum Gasteiger partial charge on any atom is 0.243 e. The predicted molar refractivity (Wildman–Crippen MR) is 108 cm³/mol. The number of rotatable bonds is 7. The Morgan fingerprint density at radius 3 is 2.74 bits per heavy atom. The molecule has 7 heteroatoms. The number of benzene rings is 2. The van der Waals surface area contributed by atoms with Gasteiger partial charge >= 0.3 is 0 Å². The molecule has 0 fully saturated rings. The normalized spacial score (nSPS) is 11.0. The quantitative estimate of drug-likeness (QED) is 0.491. The van der Waals surface area contributed by atoms with E-state index in [0.717, 1.165) is 10.6 Å². The number of aromatic nitrogens is 5. The van der Waals surface area contributed by atoms with Gasteiger partial charge in [0.2, 0.25) is 5.95 Å². The van der Waals surface area contributed by atoms with E-state index in [0.29, 0.717) is 25.6 Å². The number of hydrogen-bond donors (Lipinski definition) is 1. The Hall–Kier alpha value is -3.12. The fourth-order valence-electron chi connectivity index (χ4n) is 3.16. The van der Waals surface area contributed by atoms with Gasteiger partial charge in [0, 0.05) is 35.2 Å². The number of tetrazole rings is 1. The second-order valence-electron chi connectivity index (χ2n) is 6.22. The molecule has 0 radical (unpaired) electrons. The lowest BCUT2D eigenvalue weighted by Gasteiger charge is -2.07. The highest BCUT2D eigenvalue weighted by atomic mass is 35.5. The van der Waals surface area contributed by atoms with Gasteiger partial charge in [0.25, 0.3) is 0 Å². The smallest absolute Gasteiger partial charge is 0.243 e. The fourth-order valence-corrected chi connectivity index (χ4v) is 3.35. The van der Waals surface area contributed by atoms with Crippen LogP contribution in [0.25, 0.3) is 10.9 Å². The van der Waals surface area contributed by atoms with Crippen molar-refractivity contribution >= 4 is 28.5 Å². The highest BCUT2D eigenvalue weighted by Crippen LogP contribution is 2.25. The van der Waals surface area contributed by atoms with Crippen LogP contribution in [0.5, 0.6) is 0 Å². The number of hydrogen-bond acceptors (Lipinski definition) is 4. The Morgan fingerprint density at radius 2 is 1.89 bits per heavy atom. The number of fused-ring (bicyclic) bond motifs is 1. The maximum absolute atomic E-state index is 6.35. The predicted octanol–water partition coefficient (Wildman–Crippen LogP) is 4.13. The third-order valence-electron chi connectivity index (χ3n) is 4.44. The second kappa shape index (κ2) is 7.63. The first-order chi connectivity index (χ1) is 13.3. The first-order valence-corrected chi connectivity index (χ1v) is 9.05. The van der Waals surface area contributed by atoms with Crippen LogP contribution in [0, 0.1) is 0 Å². The van der Waals surface area contributed by atoms with Crippen molar-refractivity contribution < 1.29 is 0 Å². The van der Waals surface area contributed by atoms with Crippen molar-refractivity contribution in [2.24, 2.45) is 0 Å². The van der Waals surface area contributed by atoms with Gasteiger partial charge in [-0.15, -0.1) is 6.58 Å². The van der Waals surface area contributed by atoms with Gasteiger partial charge in [0.15, 0.2) is 0 Å². The molecule has 2 aromatic heterocycles. The van der Waals surface area contributed by atoms with Crippen molar-refractivity contribution in [1.29, 1.82) is 0 Å². The van der Waals surface area contributed by atoms with Crippen molar-refractivity contribution in [3.63, 3.8) is 0 Å². The standard InChI is InChI=1S/C20H19ClN6/c1-2-11-27-20(23-24-25-27)22-12-16-14-26(19-10-6-4-8-17(16)19)13-15-7-3-5-9-18(15)21/h2-10,14H,1,11-13H2,(H,22,23,25). The average Bonchev–Trinajstić information content (AvgIpc) is 3.27. The van der Waals surface area contributed by atoms with Gasteiger partial charge in [-0.1, -0.05) is 59.2 Å². The van der Waals surface area contributed by atoms with Crippen LogP contribution >= 0.6 is 11.6 Å². The fraction of sp³-hybridized carbons (Fsp3) is 0.150. The van der Waals surface area contributed by atoms with Crippen molar-refractivity contribution in [3.8, 4) is 0 Å². The minimum absolute atomic E-state index is 0.559. The largest absolute Gasteiger partial charge is 0.349 e. The van der Waals surface area contributed by atoms with E-state index in [9.17, 15) is 0 Å². The van der Waals surface area contributed by atoms with Crippen LogP contribution < -0.4 is 5.32 Å². The van der Waals surface area contributed by atoms with Gasteiger partial charge < -0.3 is 9.88 Å². The summed E-state index contributed by atoms with van der Waals surface area (Å²) in [7, 11) is 0. The minimum atomic E-state index is 0.559. The summed E-state index contributed by atoms with van der Waals surface area (Å²) in [6, 6.07) is 16.3. The van der Waals surface area contributed by atoms with Crippen molar-refractivity contribution in [2.75, 3.05) is 5.32 Å². The maximum atomic E-state index is 6.35. The molecule has 1 N–H and O–H groups in total. The van der Waals surface area contributed by atoms with Crippen LogP contribution in [0.15, 0.2) is 67.4 Å². The van der Waals surface area contributed by atoms with Crippen LogP contribution in [0.4, 0.5) is 5.95 Å². The molecule has 0 aliphatic carbocycles. The molecule has 136 valence electrons. The molecule has 2 heterocycles. The summed E-state index contributed by atoms with van der Waals surface area (Å²) in [4.78, 5) is 0. The lowest BCUT2D eigenvalue weighted by molar-refractivity contribution is 0.663. The Kier molecular flexibility index (Phi) is 4.89. The van der Waals surface area contributed by atoms with Crippen LogP contribution in [-0.2, 0) is 19.6 Å². The Labute approximate surface area is 162 Å². The number of anilines is 1.